The van der Waals surface area contributed by atoms with Gasteiger partial charge in [0.15, 0.2) is 0 Å². The van der Waals surface area contributed by atoms with Crippen molar-refractivity contribution in [3.63, 3.8) is 0 Å². The number of benzene rings is 1. The molecule has 2 rings (SSSR count). The number of fused-ring (bicyclic) bond motifs is 1. The predicted octanol–water partition coefficient (Wildman–Crippen LogP) is 4.08. The Hall–Kier alpha value is -1.85. The van der Waals surface area contributed by atoms with E-state index < -0.39 is 6.10 Å². The Labute approximate surface area is 163 Å². The lowest BCUT2D eigenvalue weighted by Crippen LogP contribution is -2.38. The Kier molecular flexibility index (Phi) is 8.32. The van der Waals surface area contributed by atoms with Crippen LogP contribution < -0.4 is 10.1 Å². The summed E-state index contributed by atoms with van der Waals surface area (Å²) < 4.78 is 5.41. The number of aliphatic hydroxyl groups excluding tert-OH is 1. The van der Waals surface area contributed by atoms with Crippen LogP contribution in [0.15, 0.2) is 24.3 Å². The zero-order chi connectivity index (χ0) is 19.8. The van der Waals surface area contributed by atoms with Crippen LogP contribution in [0.5, 0.6) is 5.75 Å². The predicted molar refractivity (Wildman–Crippen MR) is 114 cm³/mol. The van der Waals surface area contributed by atoms with E-state index >= 15 is 0 Å². The second kappa shape index (κ2) is 10.5. The standard InChI is InChI=1S/C22H35N3O2/c1-6-7-10-25(14-16(2)3)15-19(26)13-23-21-12-20(27-5)11-18-9-8-17(4)24-22(18)21/h8-9,11-12,16,19,23,26H,6-7,10,13-15H2,1-5H3/t19-/m0/s1. The van der Waals surface area contributed by atoms with Gasteiger partial charge in [0, 0.05) is 36.8 Å². The first kappa shape index (κ1) is 21.5. The summed E-state index contributed by atoms with van der Waals surface area (Å²) in [5.41, 5.74) is 2.78. The van der Waals surface area contributed by atoms with Crippen LogP contribution in [0, 0.1) is 12.8 Å². The number of unbranched alkanes of at least 4 members (excludes halogenated alkanes) is 1. The molecule has 1 aromatic heterocycles. The Balaban J connectivity index is 2.06. The van der Waals surface area contributed by atoms with Gasteiger partial charge in [0.2, 0.25) is 0 Å². The molecule has 0 spiro atoms. The number of aromatic nitrogens is 1. The van der Waals surface area contributed by atoms with Crippen molar-refractivity contribution in [3.05, 3.63) is 30.0 Å². The van der Waals surface area contributed by atoms with Gasteiger partial charge in [-0.3, -0.25) is 4.98 Å². The van der Waals surface area contributed by atoms with Gasteiger partial charge in [-0.25, -0.2) is 0 Å². The highest BCUT2D eigenvalue weighted by Gasteiger charge is 2.14. The molecule has 0 unspecified atom stereocenters. The van der Waals surface area contributed by atoms with Crippen molar-refractivity contribution in [3.8, 4) is 5.75 Å². The minimum Gasteiger partial charge on any atom is -0.497 e. The molecule has 0 radical (unpaired) electrons. The molecule has 0 fully saturated rings. The molecule has 0 aliphatic carbocycles. The average molecular weight is 374 g/mol. The summed E-state index contributed by atoms with van der Waals surface area (Å²) in [7, 11) is 1.67. The summed E-state index contributed by atoms with van der Waals surface area (Å²) in [4.78, 5) is 7.03. The average Bonchev–Trinajstić information content (AvgIpc) is 2.63. The van der Waals surface area contributed by atoms with E-state index in [1.807, 2.05) is 25.1 Å². The van der Waals surface area contributed by atoms with Gasteiger partial charge in [0.25, 0.3) is 0 Å². The van der Waals surface area contributed by atoms with Crippen LogP contribution in [0.3, 0.4) is 0 Å². The van der Waals surface area contributed by atoms with E-state index in [0.29, 0.717) is 19.0 Å². The SMILES string of the molecule is CCCCN(CC(C)C)C[C@@H](O)CNc1cc(OC)cc2ccc(C)nc12. The van der Waals surface area contributed by atoms with Gasteiger partial charge in [0.05, 0.1) is 24.4 Å². The van der Waals surface area contributed by atoms with E-state index in [4.69, 9.17) is 4.74 Å². The highest BCUT2D eigenvalue weighted by molar-refractivity contribution is 5.92. The highest BCUT2D eigenvalue weighted by Crippen LogP contribution is 2.28. The van der Waals surface area contributed by atoms with E-state index in [1.54, 1.807) is 7.11 Å². The smallest absolute Gasteiger partial charge is 0.121 e. The van der Waals surface area contributed by atoms with Crippen LogP contribution in [-0.2, 0) is 0 Å². The van der Waals surface area contributed by atoms with Crippen LogP contribution >= 0.6 is 0 Å². The minimum atomic E-state index is -0.438. The molecule has 150 valence electrons. The number of nitrogens with one attached hydrogen (secondary N) is 1. The van der Waals surface area contributed by atoms with Crippen molar-refractivity contribution in [2.45, 2.75) is 46.6 Å². The van der Waals surface area contributed by atoms with E-state index in [-0.39, 0.29) is 0 Å². The topological polar surface area (TPSA) is 57.6 Å². The number of ether oxygens (including phenoxy) is 1. The quantitative estimate of drug-likeness (QED) is 0.621. The van der Waals surface area contributed by atoms with E-state index in [2.05, 4.69) is 42.0 Å². The monoisotopic (exact) mass is 373 g/mol. The molecule has 0 saturated heterocycles. The first-order valence-corrected chi connectivity index (χ1v) is 10.0. The lowest BCUT2D eigenvalue weighted by atomic mass is 10.1. The number of methoxy groups -OCH3 is 1. The van der Waals surface area contributed by atoms with Gasteiger partial charge in [-0.15, -0.1) is 0 Å². The number of hydrogen-bond acceptors (Lipinski definition) is 5. The molecular formula is C22H35N3O2. The second-order valence-corrected chi connectivity index (χ2v) is 7.74. The van der Waals surface area contributed by atoms with Gasteiger partial charge in [-0.05, 0) is 37.9 Å². The fraction of sp³-hybridized carbons (Fsp3) is 0.591. The zero-order valence-corrected chi connectivity index (χ0v) is 17.5. The molecule has 5 heteroatoms. The second-order valence-electron chi connectivity index (χ2n) is 7.74. The van der Waals surface area contributed by atoms with Crippen molar-refractivity contribution in [1.29, 1.82) is 0 Å². The normalized spacial score (nSPS) is 12.7. The summed E-state index contributed by atoms with van der Waals surface area (Å²) in [6, 6.07) is 7.98. The van der Waals surface area contributed by atoms with Crippen molar-refractivity contribution in [2.24, 2.45) is 5.92 Å². The molecule has 2 N–H and O–H groups in total. The molecule has 2 aromatic rings. The van der Waals surface area contributed by atoms with Crippen LogP contribution in [0.25, 0.3) is 10.9 Å². The third kappa shape index (κ3) is 6.67. The number of pyridine rings is 1. The molecule has 1 atom stereocenters. The Morgan fingerprint density at radius 2 is 2.00 bits per heavy atom. The molecule has 27 heavy (non-hydrogen) atoms. The van der Waals surface area contributed by atoms with Crippen molar-refractivity contribution in [2.75, 3.05) is 38.6 Å². The first-order valence-electron chi connectivity index (χ1n) is 10.0. The molecule has 0 bridgehead atoms. The Morgan fingerprint density at radius 1 is 1.22 bits per heavy atom. The fourth-order valence-corrected chi connectivity index (χ4v) is 3.30. The van der Waals surface area contributed by atoms with Crippen LogP contribution in [0.1, 0.15) is 39.3 Å². The van der Waals surface area contributed by atoms with Crippen LogP contribution in [0.2, 0.25) is 0 Å². The van der Waals surface area contributed by atoms with E-state index in [9.17, 15) is 5.11 Å². The molecule has 0 amide bonds. The van der Waals surface area contributed by atoms with Gasteiger partial charge in [-0.1, -0.05) is 33.3 Å². The summed E-state index contributed by atoms with van der Waals surface area (Å²) in [6.45, 7) is 11.8. The molecule has 1 aromatic carbocycles. The molecule has 0 aliphatic heterocycles. The summed E-state index contributed by atoms with van der Waals surface area (Å²) in [5.74, 6) is 1.38. The number of hydrogen-bond donors (Lipinski definition) is 2. The minimum absolute atomic E-state index is 0.438. The molecule has 5 nitrogen and oxygen atoms in total. The lowest BCUT2D eigenvalue weighted by molar-refractivity contribution is 0.113. The Bertz CT molecular complexity index is 718. The largest absolute Gasteiger partial charge is 0.497 e. The van der Waals surface area contributed by atoms with Gasteiger partial charge in [-0.2, -0.15) is 0 Å². The van der Waals surface area contributed by atoms with Crippen molar-refractivity contribution in [1.82, 2.24) is 9.88 Å². The summed E-state index contributed by atoms with van der Waals surface area (Å²) >= 11 is 0. The number of anilines is 1. The molecule has 0 aliphatic rings. The maximum Gasteiger partial charge on any atom is 0.121 e. The molecule has 0 saturated carbocycles. The van der Waals surface area contributed by atoms with Gasteiger partial charge >= 0.3 is 0 Å². The molecular weight excluding hydrogens is 338 g/mol. The fourth-order valence-electron chi connectivity index (χ4n) is 3.30. The number of nitrogens with zero attached hydrogens (tertiary/aromatic N) is 2. The van der Waals surface area contributed by atoms with Gasteiger partial charge in [0.1, 0.15) is 5.75 Å². The lowest BCUT2D eigenvalue weighted by Gasteiger charge is -2.27. The highest BCUT2D eigenvalue weighted by atomic mass is 16.5. The Morgan fingerprint density at radius 3 is 2.67 bits per heavy atom. The number of rotatable bonds is 11. The van der Waals surface area contributed by atoms with Crippen molar-refractivity contribution < 1.29 is 9.84 Å². The van der Waals surface area contributed by atoms with Crippen molar-refractivity contribution >= 4 is 16.6 Å². The number of aryl methyl sites for hydroxylation is 1. The third-order valence-electron chi connectivity index (χ3n) is 4.59. The summed E-state index contributed by atoms with van der Waals surface area (Å²) in [5, 5.41) is 15.0. The van der Waals surface area contributed by atoms with Gasteiger partial charge < -0.3 is 20.1 Å². The summed E-state index contributed by atoms with van der Waals surface area (Å²) in [6.07, 6.45) is 1.90. The maximum absolute atomic E-state index is 10.6. The zero-order valence-electron chi connectivity index (χ0n) is 17.5. The first-order chi connectivity index (χ1) is 12.9. The maximum atomic E-state index is 10.6. The van der Waals surface area contributed by atoms with Crippen LogP contribution in [0.4, 0.5) is 5.69 Å². The third-order valence-corrected chi connectivity index (χ3v) is 4.59. The number of aliphatic hydroxyl groups is 1. The van der Waals surface area contributed by atoms with Crippen LogP contribution in [-0.4, -0.2) is 54.4 Å². The molecule has 1 heterocycles. The van der Waals surface area contributed by atoms with E-state index in [0.717, 1.165) is 47.5 Å². The van der Waals surface area contributed by atoms with E-state index in [1.165, 1.54) is 6.42 Å².